The van der Waals surface area contributed by atoms with Crippen LogP contribution >= 0.6 is 0 Å². The lowest BCUT2D eigenvalue weighted by Gasteiger charge is -2.25. The van der Waals surface area contributed by atoms with E-state index in [1.54, 1.807) is 0 Å². The Kier molecular flexibility index (Phi) is 3.48. The van der Waals surface area contributed by atoms with Gasteiger partial charge in [-0.2, -0.15) is 0 Å². The van der Waals surface area contributed by atoms with Crippen LogP contribution in [0.3, 0.4) is 0 Å². The number of hydrogen-bond acceptors (Lipinski definition) is 2. The highest BCUT2D eigenvalue weighted by atomic mass is 15.0. The molecule has 0 aliphatic carbocycles. The molecule has 3 heteroatoms. The van der Waals surface area contributed by atoms with Crippen LogP contribution in [0.15, 0.2) is 18.7 Å². The van der Waals surface area contributed by atoms with Crippen molar-refractivity contribution in [2.75, 3.05) is 13.1 Å². The van der Waals surface area contributed by atoms with E-state index >= 15 is 0 Å². The minimum atomic E-state index is 0.288. The van der Waals surface area contributed by atoms with Crippen LogP contribution in [-0.4, -0.2) is 22.6 Å². The minimum absolute atomic E-state index is 0.288. The molecular weight excluding hydrogens is 162 g/mol. The van der Waals surface area contributed by atoms with Gasteiger partial charge in [0.15, 0.2) is 0 Å². The number of nitrogens with zero attached hydrogens (tertiary/aromatic N) is 2. The van der Waals surface area contributed by atoms with E-state index in [2.05, 4.69) is 35.6 Å². The van der Waals surface area contributed by atoms with E-state index in [0.29, 0.717) is 0 Å². The third-order valence-electron chi connectivity index (χ3n) is 2.02. The van der Waals surface area contributed by atoms with Crippen LogP contribution in [0.1, 0.15) is 20.8 Å². The Morgan fingerprint density at radius 1 is 1.46 bits per heavy atom. The first-order valence-corrected chi connectivity index (χ1v) is 4.80. The number of nitrogens with one attached hydrogen (secondary N) is 1. The Bertz CT molecular complexity index is 226. The Hall–Kier alpha value is -0.830. The quantitative estimate of drug-likeness (QED) is 0.746. The van der Waals surface area contributed by atoms with E-state index in [1.165, 1.54) is 0 Å². The molecule has 0 aliphatic heterocycles. The normalized spacial score (nSPS) is 11.9. The molecule has 1 rings (SSSR count). The van der Waals surface area contributed by atoms with Gasteiger partial charge in [0.2, 0.25) is 0 Å². The monoisotopic (exact) mass is 181 g/mol. The first-order valence-electron chi connectivity index (χ1n) is 4.80. The molecule has 0 aliphatic rings. The molecule has 0 saturated heterocycles. The second-order valence-electron chi connectivity index (χ2n) is 4.18. The summed E-state index contributed by atoms with van der Waals surface area (Å²) < 4.78 is 2.12. The van der Waals surface area contributed by atoms with Gasteiger partial charge in [-0.15, -0.1) is 0 Å². The Morgan fingerprint density at radius 3 is 2.77 bits per heavy atom. The van der Waals surface area contributed by atoms with Gasteiger partial charge in [0.05, 0.1) is 6.33 Å². The zero-order valence-electron chi connectivity index (χ0n) is 8.75. The highest BCUT2D eigenvalue weighted by Crippen LogP contribution is 2.16. The zero-order chi connectivity index (χ0) is 9.73. The van der Waals surface area contributed by atoms with E-state index in [9.17, 15) is 0 Å². The fourth-order valence-corrected chi connectivity index (χ4v) is 1.39. The van der Waals surface area contributed by atoms with Gasteiger partial charge in [-0.1, -0.05) is 20.8 Å². The van der Waals surface area contributed by atoms with E-state index in [4.69, 9.17) is 0 Å². The van der Waals surface area contributed by atoms with Crippen LogP contribution in [0.2, 0.25) is 0 Å². The predicted molar refractivity (Wildman–Crippen MR) is 54.6 cm³/mol. The zero-order valence-corrected chi connectivity index (χ0v) is 8.75. The van der Waals surface area contributed by atoms with Gasteiger partial charge < -0.3 is 9.88 Å². The Labute approximate surface area is 80.2 Å². The third kappa shape index (κ3) is 3.59. The Balaban J connectivity index is 2.42. The molecule has 0 atom stereocenters. The van der Waals surface area contributed by atoms with Crippen LogP contribution in [0, 0.1) is 5.41 Å². The van der Waals surface area contributed by atoms with Crippen molar-refractivity contribution in [1.82, 2.24) is 14.9 Å². The highest BCUT2D eigenvalue weighted by Gasteiger charge is 2.17. The van der Waals surface area contributed by atoms with E-state index in [-0.39, 0.29) is 5.41 Å². The molecule has 3 nitrogen and oxygen atoms in total. The fraction of sp³-hybridized carbons (Fsp3) is 0.700. The summed E-state index contributed by atoms with van der Waals surface area (Å²) in [6.07, 6.45) is 5.70. The van der Waals surface area contributed by atoms with Gasteiger partial charge in [0, 0.05) is 25.5 Å². The van der Waals surface area contributed by atoms with Crippen molar-refractivity contribution in [3.63, 3.8) is 0 Å². The summed E-state index contributed by atoms with van der Waals surface area (Å²) in [4.78, 5) is 4.03. The summed E-state index contributed by atoms with van der Waals surface area (Å²) >= 11 is 0. The minimum Gasteiger partial charge on any atom is -0.337 e. The molecule has 0 aromatic carbocycles. The third-order valence-corrected chi connectivity index (χ3v) is 2.02. The molecule has 0 spiro atoms. The fourth-order valence-electron chi connectivity index (χ4n) is 1.39. The van der Waals surface area contributed by atoms with Crippen LogP contribution in [0.4, 0.5) is 0 Å². The predicted octanol–water partition coefficient (Wildman–Crippen LogP) is 1.52. The average Bonchev–Trinajstić information content (AvgIpc) is 2.52. The molecule has 0 fully saturated rings. The molecule has 13 heavy (non-hydrogen) atoms. The van der Waals surface area contributed by atoms with Gasteiger partial charge in [-0.25, -0.2) is 4.98 Å². The van der Waals surface area contributed by atoms with Crippen LogP contribution < -0.4 is 5.32 Å². The van der Waals surface area contributed by atoms with Gasteiger partial charge in [0.1, 0.15) is 0 Å². The Morgan fingerprint density at radius 2 is 2.23 bits per heavy atom. The molecule has 1 N–H and O–H groups in total. The largest absolute Gasteiger partial charge is 0.337 e. The van der Waals surface area contributed by atoms with Crippen molar-refractivity contribution < 1.29 is 0 Å². The van der Waals surface area contributed by atoms with E-state index in [1.807, 2.05) is 18.7 Å². The van der Waals surface area contributed by atoms with Crippen molar-refractivity contribution in [2.24, 2.45) is 5.41 Å². The van der Waals surface area contributed by atoms with Crippen LogP contribution in [0.25, 0.3) is 0 Å². The second-order valence-corrected chi connectivity index (χ2v) is 4.18. The maximum absolute atomic E-state index is 4.03. The lowest BCUT2D eigenvalue weighted by molar-refractivity contribution is 0.292. The maximum Gasteiger partial charge on any atom is 0.0946 e. The van der Waals surface area contributed by atoms with Gasteiger partial charge >= 0.3 is 0 Å². The number of aromatic nitrogens is 2. The lowest BCUT2D eigenvalue weighted by atomic mass is 9.93. The molecule has 0 saturated carbocycles. The van der Waals surface area contributed by atoms with E-state index < -0.39 is 0 Å². The summed E-state index contributed by atoms with van der Waals surface area (Å²) in [7, 11) is 0. The molecular formula is C10H19N3. The molecule has 0 bridgehead atoms. The highest BCUT2D eigenvalue weighted by molar-refractivity contribution is 4.79. The molecule has 1 heterocycles. The molecule has 1 aromatic rings. The number of imidazole rings is 1. The van der Waals surface area contributed by atoms with Crippen molar-refractivity contribution in [3.8, 4) is 0 Å². The smallest absolute Gasteiger partial charge is 0.0946 e. The summed E-state index contributed by atoms with van der Waals surface area (Å²) in [6.45, 7) is 9.74. The van der Waals surface area contributed by atoms with Crippen molar-refractivity contribution in [2.45, 2.75) is 27.3 Å². The first-order chi connectivity index (χ1) is 6.14. The molecule has 1 aromatic heterocycles. The number of rotatable bonds is 5. The molecule has 0 radical (unpaired) electrons. The van der Waals surface area contributed by atoms with Crippen LogP contribution in [0.5, 0.6) is 0 Å². The summed E-state index contributed by atoms with van der Waals surface area (Å²) in [5.74, 6) is 0. The molecule has 74 valence electrons. The standard InChI is InChI=1S/C10H19N3/c1-4-11-7-10(2,3)8-13-6-5-12-9-13/h5-6,9,11H,4,7-8H2,1-3H3. The SMILES string of the molecule is CCNCC(C)(C)Cn1ccnc1. The van der Waals surface area contributed by atoms with Gasteiger partial charge in [0.25, 0.3) is 0 Å². The number of hydrogen-bond donors (Lipinski definition) is 1. The van der Waals surface area contributed by atoms with Gasteiger partial charge in [-0.3, -0.25) is 0 Å². The maximum atomic E-state index is 4.03. The molecule has 0 amide bonds. The lowest BCUT2D eigenvalue weighted by Crippen LogP contribution is -2.32. The average molecular weight is 181 g/mol. The second kappa shape index (κ2) is 4.42. The topological polar surface area (TPSA) is 29.9 Å². The van der Waals surface area contributed by atoms with Crippen molar-refractivity contribution in [1.29, 1.82) is 0 Å². The summed E-state index contributed by atoms with van der Waals surface area (Å²) in [5.41, 5.74) is 0.288. The van der Waals surface area contributed by atoms with Crippen LogP contribution in [-0.2, 0) is 6.54 Å². The van der Waals surface area contributed by atoms with Gasteiger partial charge in [-0.05, 0) is 12.0 Å². The van der Waals surface area contributed by atoms with Crippen molar-refractivity contribution >= 4 is 0 Å². The first kappa shape index (κ1) is 10.3. The molecule has 0 unspecified atom stereocenters. The van der Waals surface area contributed by atoms with E-state index in [0.717, 1.165) is 19.6 Å². The van der Waals surface area contributed by atoms with Crippen molar-refractivity contribution in [3.05, 3.63) is 18.7 Å². The summed E-state index contributed by atoms with van der Waals surface area (Å²) in [6, 6.07) is 0. The summed E-state index contributed by atoms with van der Waals surface area (Å²) in [5, 5.41) is 3.37.